The van der Waals surface area contributed by atoms with Crippen LogP contribution in [0.25, 0.3) is 0 Å². The summed E-state index contributed by atoms with van der Waals surface area (Å²) >= 11 is 1.30. The van der Waals surface area contributed by atoms with E-state index in [2.05, 4.69) is 5.32 Å². The third-order valence-electron chi connectivity index (χ3n) is 4.60. The number of hydrogen-bond donors (Lipinski definition) is 1. The average molecular weight is 428 g/mol. The Hall–Kier alpha value is -3.26. The van der Waals surface area contributed by atoms with Gasteiger partial charge >= 0.3 is 0 Å². The van der Waals surface area contributed by atoms with Gasteiger partial charge in [0.15, 0.2) is 0 Å². The van der Waals surface area contributed by atoms with Crippen LogP contribution in [0.3, 0.4) is 0 Å². The Balaban J connectivity index is 1.54. The van der Waals surface area contributed by atoms with Gasteiger partial charge < -0.3 is 5.32 Å². The summed E-state index contributed by atoms with van der Waals surface area (Å²) in [6.07, 6.45) is 0. The van der Waals surface area contributed by atoms with Crippen LogP contribution in [-0.2, 0) is 4.79 Å². The van der Waals surface area contributed by atoms with Gasteiger partial charge in [-0.15, -0.1) is 11.8 Å². The topological polar surface area (TPSA) is 49.4 Å². The van der Waals surface area contributed by atoms with Gasteiger partial charge in [-0.1, -0.05) is 12.1 Å². The lowest BCUT2D eigenvalue weighted by Crippen LogP contribution is -2.28. The number of benzene rings is 3. The minimum Gasteiger partial charge on any atom is -0.322 e. The molecule has 0 unspecified atom stereocenters. The molecule has 30 heavy (non-hydrogen) atoms. The first-order chi connectivity index (χ1) is 14.4. The molecule has 1 saturated heterocycles. The van der Waals surface area contributed by atoms with Crippen LogP contribution >= 0.6 is 11.8 Å². The molecule has 4 rings (SSSR count). The van der Waals surface area contributed by atoms with Crippen LogP contribution in [0, 0.1) is 17.5 Å². The minimum atomic E-state index is -0.680. The van der Waals surface area contributed by atoms with E-state index in [0.29, 0.717) is 16.8 Å². The van der Waals surface area contributed by atoms with E-state index in [1.807, 2.05) is 0 Å². The molecule has 3 aromatic rings. The third-order valence-corrected chi connectivity index (χ3v) is 5.81. The fourth-order valence-corrected chi connectivity index (χ4v) is 4.31. The minimum absolute atomic E-state index is 0.108. The van der Waals surface area contributed by atoms with Gasteiger partial charge in [0.05, 0.1) is 11.4 Å². The smallest absolute Gasteiger partial charge is 0.255 e. The Morgan fingerprint density at radius 1 is 0.933 bits per heavy atom. The average Bonchev–Trinajstić information content (AvgIpc) is 3.12. The molecule has 1 atom stereocenters. The second kappa shape index (κ2) is 8.23. The van der Waals surface area contributed by atoms with Gasteiger partial charge in [-0.25, -0.2) is 13.2 Å². The van der Waals surface area contributed by atoms with E-state index >= 15 is 0 Å². The Kier molecular flexibility index (Phi) is 5.50. The van der Waals surface area contributed by atoms with E-state index in [1.165, 1.54) is 40.9 Å². The molecular formula is C22H15F3N2O2S. The predicted molar refractivity (Wildman–Crippen MR) is 110 cm³/mol. The fourth-order valence-electron chi connectivity index (χ4n) is 3.14. The van der Waals surface area contributed by atoms with Crippen molar-refractivity contribution in [1.82, 2.24) is 0 Å². The van der Waals surface area contributed by atoms with Crippen LogP contribution in [-0.4, -0.2) is 17.6 Å². The zero-order chi connectivity index (χ0) is 21.3. The van der Waals surface area contributed by atoms with E-state index in [-0.39, 0.29) is 17.3 Å². The summed E-state index contributed by atoms with van der Waals surface area (Å²) in [4.78, 5) is 25.8. The monoisotopic (exact) mass is 428 g/mol. The second-order valence-corrected chi connectivity index (χ2v) is 7.67. The third kappa shape index (κ3) is 4.04. The first-order valence-electron chi connectivity index (χ1n) is 8.98. The fraction of sp³-hybridized carbons (Fsp3) is 0.0909. The number of nitrogens with one attached hydrogen (secondary N) is 1. The lowest BCUT2D eigenvalue weighted by atomic mass is 10.1. The van der Waals surface area contributed by atoms with Crippen molar-refractivity contribution in [2.75, 3.05) is 16.0 Å². The summed E-state index contributed by atoms with van der Waals surface area (Å²) in [5.74, 6) is -2.31. The molecule has 0 aliphatic carbocycles. The van der Waals surface area contributed by atoms with Crippen molar-refractivity contribution in [3.05, 3.63) is 95.3 Å². The summed E-state index contributed by atoms with van der Waals surface area (Å²) in [5.41, 5.74) is 1.41. The van der Waals surface area contributed by atoms with Gasteiger partial charge in [0.25, 0.3) is 5.91 Å². The molecule has 1 N–H and O–H groups in total. The largest absolute Gasteiger partial charge is 0.322 e. The van der Waals surface area contributed by atoms with Gasteiger partial charge in [-0.05, 0) is 54.1 Å². The van der Waals surface area contributed by atoms with Crippen LogP contribution < -0.4 is 10.2 Å². The zero-order valence-corrected chi connectivity index (χ0v) is 16.3. The molecule has 1 aliphatic heterocycles. The summed E-state index contributed by atoms with van der Waals surface area (Å²) in [6.45, 7) is 0. The van der Waals surface area contributed by atoms with E-state index in [0.717, 1.165) is 18.2 Å². The second-order valence-electron chi connectivity index (χ2n) is 6.61. The molecule has 4 nitrogen and oxygen atoms in total. The number of carbonyl (C=O) groups is 2. The van der Waals surface area contributed by atoms with Gasteiger partial charge in [0, 0.05) is 17.3 Å². The molecule has 3 aromatic carbocycles. The highest BCUT2D eigenvalue weighted by atomic mass is 32.2. The summed E-state index contributed by atoms with van der Waals surface area (Å²) < 4.78 is 40.9. The first kappa shape index (κ1) is 20.0. The standard InChI is InChI=1S/C22H15F3N2O2S/c23-15-5-1-13(2-6-15)21(29)26-17-8-3-14(4-9-17)22-27(20(28)12-30-22)19-11-16(24)7-10-18(19)25/h1-11,22H,12H2,(H,26,29)/t22-/m1/s1. The van der Waals surface area contributed by atoms with Crippen molar-refractivity contribution in [3.63, 3.8) is 0 Å². The first-order valence-corrected chi connectivity index (χ1v) is 10.0. The Morgan fingerprint density at radius 3 is 2.30 bits per heavy atom. The number of rotatable bonds is 4. The van der Waals surface area contributed by atoms with Crippen molar-refractivity contribution >= 4 is 35.0 Å². The summed E-state index contributed by atoms with van der Waals surface area (Å²) in [6, 6.07) is 14.9. The van der Waals surface area contributed by atoms with Gasteiger partial charge in [0.2, 0.25) is 5.91 Å². The number of hydrogen-bond acceptors (Lipinski definition) is 3. The zero-order valence-electron chi connectivity index (χ0n) is 15.4. The molecule has 1 fully saturated rings. The number of anilines is 2. The maximum atomic E-state index is 14.2. The lowest BCUT2D eigenvalue weighted by molar-refractivity contribution is -0.115. The quantitative estimate of drug-likeness (QED) is 0.627. The predicted octanol–water partition coefficient (Wildman–Crippen LogP) is 5.13. The number of nitrogens with zero attached hydrogens (tertiary/aromatic N) is 1. The van der Waals surface area contributed by atoms with Crippen LogP contribution in [0.2, 0.25) is 0 Å². The van der Waals surface area contributed by atoms with Crippen molar-refractivity contribution < 1.29 is 22.8 Å². The summed E-state index contributed by atoms with van der Waals surface area (Å²) in [7, 11) is 0. The Bertz CT molecular complexity index is 1100. The van der Waals surface area contributed by atoms with E-state index < -0.39 is 28.7 Å². The molecule has 152 valence electrons. The van der Waals surface area contributed by atoms with E-state index in [1.54, 1.807) is 24.3 Å². The molecule has 0 bridgehead atoms. The lowest BCUT2D eigenvalue weighted by Gasteiger charge is -2.25. The van der Waals surface area contributed by atoms with Crippen molar-refractivity contribution in [3.8, 4) is 0 Å². The normalized spacial score (nSPS) is 16.0. The number of amides is 2. The highest BCUT2D eigenvalue weighted by Crippen LogP contribution is 2.42. The molecule has 1 heterocycles. The van der Waals surface area contributed by atoms with E-state index in [4.69, 9.17) is 0 Å². The number of halogens is 3. The SMILES string of the molecule is O=C(Nc1ccc([C@H]2SCC(=O)N2c2cc(F)ccc2F)cc1)c1ccc(F)cc1. The van der Waals surface area contributed by atoms with Gasteiger partial charge in [0.1, 0.15) is 22.8 Å². The van der Waals surface area contributed by atoms with Gasteiger partial charge in [-0.2, -0.15) is 0 Å². The van der Waals surface area contributed by atoms with Crippen LogP contribution in [0.1, 0.15) is 21.3 Å². The maximum Gasteiger partial charge on any atom is 0.255 e. The maximum absolute atomic E-state index is 14.2. The van der Waals surface area contributed by atoms with E-state index in [9.17, 15) is 22.8 Å². The van der Waals surface area contributed by atoms with Crippen molar-refractivity contribution in [2.45, 2.75) is 5.37 Å². The number of thioether (sulfide) groups is 1. The summed E-state index contributed by atoms with van der Waals surface area (Å²) in [5, 5.41) is 2.19. The molecule has 0 radical (unpaired) electrons. The molecule has 8 heteroatoms. The number of carbonyl (C=O) groups excluding carboxylic acids is 2. The Morgan fingerprint density at radius 2 is 1.60 bits per heavy atom. The van der Waals surface area contributed by atoms with Crippen molar-refractivity contribution in [2.24, 2.45) is 0 Å². The highest BCUT2D eigenvalue weighted by molar-refractivity contribution is 8.00. The molecule has 0 aromatic heterocycles. The van der Waals surface area contributed by atoms with Crippen LogP contribution in [0.5, 0.6) is 0 Å². The van der Waals surface area contributed by atoms with Crippen LogP contribution in [0.4, 0.5) is 24.5 Å². The highest BCUT2D eigenvalue weighted by Gasteiger charge is 2.35. The molecular weight excluding hydrogens is 413 g/mol. The molecule has 0 saturated carbocycles. The van der Waals surface area contributed by atoms with Crippen LogP contribution in [0.15, 0.2) is 66.7 Å². The molecule has 1 aliphatic rings. The van der Waals surface area contributed by atoms with Crippen molar-refractivity contribution in [1.29, 1.82) is 0 Å². The van der Waals surface area contributed by atoms with Gasteiger partial charge in [-0.3, -0.25) is 14.5 Å². The molecule has 2 amide bonds. The Labute approximate surface area is 174 Å². The molecule has 0 spiro atoms.